The molecule has 0 bridgehead atoms. The van der Waals surface area contributed by atoms with E-state index >= 15 is 0 Å². The Morgan fingerprint density at radius 1 is 1.17 bits per heavy atom. The fourth-order valence-corrected chi connectivity index (χ4v) is 3.13. The molecule has 5 nitrogen and oxygen atoms in total. The minimum atomic E-state index is -0.201. The van der Waals surface area contributed by atoms with E-state index in [1.807, 2.05) is 13.8 Å². The van der Waals surface area contributed by atoms with Crippen LogP contribution in [0.5, 0.6) is 0 Å². The zero-order chi connectivity index (χ0) is 16.6. The number of anilines is 2. The molecule has 1 aromatic carbocycles. The van der Waals surface area contributed by atoms with Crippen LogP contribution in [0.25, 0.3) is 0 Å². The SMILES string of the molecule is Cc1nc(NC(=O)c2ccc(NC(=O)C3CC3C)cc2)sc1C. The molecule has 1 heterocycles. The van der Waals surface area contributed by atoms with Crippen LogP contribution in [-0.2, 0) is 4.79 Å². The molecule has 23 heavy (non-hydrogen) atoms. The zero-order valence-corrected chi connectivity index (χ0v) is 14.2. The van der Waals surface area contributed by atoms with Gasteiger partial charge < -0.3 is 5.32 Å². The smallest absolute Gasteiger partial charge is 0.257 e. The van der Waals surface area contributed by atoms with Crippen LogP contribution in [0.2, 0.25) is 0 Å². The maximum Gasteiger partial charge on any atom is 0.257 e. The highest BCUT2D eigenvalue weighted by atomic mass is 32.1. The minimum Gasteiger partial charge on any atom is -0.326 e. The largest absolute Gasteiger partial charge is 0.326 e. The molecule has 2 aromatic rings. The number of thiazole rings is 1. The lowest BCUT2D eigenvalue weighted by Crippen LogP contribution is -2.15. The lowest BCUT2D eigenvalue weighted by Gasteiger charge is -2.06. The quantitative estimate of drug-likeness (QED) is 0.900. The van der Waals surface area contributed by atoms with Crippen molar-refractivity contribution >= 4 is 34.0 Å². The van der Waals surface area contributed by atoms with Gasteiger partial charge in [0, 0.05) is 22.0 Å². The maximum atomic E-state index is 12.2. The number of amides is 2. The minimum absolute atomic E-state index is 0.0587. The van der Waals surface area contributed by atoms with Crippen LogP contribution in [0, 0.1) is 25.7 Å². The van der Waals surface area contributed by atoms with Crippen LogP contribution >= 0.6 is 11.3 Å². The molecule has 120 valence electrons. The van der Waals surface area contributed by atoms with Gasteiger partial charge >= 0.3 is 0 Å². The van der Waals surface area contributed by atoms with E-state index < -0.39 is 0 Å². The highest BCUT2D eigenvalue weighted by molar-refractivity contribution is 7.15. The van der Waals surface area contributed by atoms with E-state index in [0.717, 1.165) is 17.0 Å². The van der Waals surface area contributed by atoms with Crippen molar-refractivity contribution in [2.24, 2.45) is 11.8 Å². The number of rotatable bonds is 4. The molecule has 0 saturated heterocycles. The number of carbonyl (C=O) groups is 2. The summed E-state index contributed by atoms with van der Waals surface area (Å²) in [5, 5.41) is 6.28. The van der Waals surface area contributed by atoms with Crippen LogP contribution in [0.15, 0.2) is 24.3 Å². The van der Waals surface area contributed by atoms with E-state index in [2.05, 4.69) is 22.5 Å². The number of nitrogens with one attached hydrogen (secondary N) is 2. The lowest BCUT2D eigenvalue weighted by molar-refractivity contribution is -0.117. The van der Waals surface area contributed by atoms with E-state index in [-0.39, 0.29) is 17.7 Å². The van der Waals surface area contributed by atoms with Gasteiger partial charge in [0.05, 0.1) is 5.69 Å². The summed E-state index contributed by atoms with van der Waals surface area (Å²) in [6, 6.07) is 6.90. The average Bonchev–Trinajstić information content (AvgIpc) is 3.16. The number of benzene rings is 1. The Bertz CT molecular complexity index is 732. The molecule has 0 radical (unpaired) electrons. The van der Waals surface area contributed by atoms with Crippen LogP contribution in [-0.4, -0.2) is 16.8 Å². The summed E-state index contributed by atoms with van der Waals surface area (Å²) in [6.07, 6.45) is 0.957. The molecule has 6 heteroatoms. The van der Waals surface area contributed by atoms with Gasteiger partial charge in [-0.1, -0.05) is 6.92 Å². The monoisotopic (exact) mass is 329 g/mol. The number of carbonyl (C=O) groups excluding carboxylic acids is 2. The first-order valence-electron chi connectivity index (χ1n) is 7.60. The summed E-state index contributed by atoms with van der Waals surface area (Å²) in [5.74, 6) is 0.468. The molecule has 1 fully saturated rings. The molecule has 2 N–H and O–H groups in total. The summed E-state index contributed by atoms with van der Waals surface area (Å²) >= 11 is 1.46. The Kier molecular flexibility index (Phi) is 4.17. The van der Waals surface area contributed by atoms with Crippen LogP contribution in [0.4, 0.5) is 10.8 Å². The predicted octanol–water partition coefficient (Wildman–Crippen LogP) is 3.61. The molecule has 1 aliphatic carbocycles. The third-order valence-electron chi connectivity index (χ3n) is 4.11. The number of nitrogens with zero attached hydrogens (tertiary/aromatic N) is 1. The van der Waals surface area contributed by atoms with Crippen LogP contribution < -0.4 is 10.6 Å². The molecule has 1 aliphatic rings. The van der Waals surface area contributed by atoms with E-state index in [4.69, 9.17) is 0 Å². The van der Waals surface area contributed by atoms with Crippen molar-refractivity contribution in [1.82, 2.24) is 4.98 Å². The van der Waals surface area contributed by atoms with Gasteiger partial charge in [0.2, 0.25) is 5.91 Å². The molecular formula is C17H19N3O2S. The number of hydrogen-bond acceptors (Lipinski definition) is 4. The molecule has 0 spiro atoms. The van der Waals surface area contributed by atoms with Gasteiger partial charge in [0.1, 0.15) is 0 Å². The van der Waals surface area contributed by atoms with Crippen molar-refractivity contribution in [3.05, 3.63) is 40.4 Å². The second-order valence-corrected chi connectivity index (χ2v) is 7.20. The van der Waals surface area contributed by atoms with Crippen molar-refractivity contribution < 1.29 is 9.59 Å². The van der Waals surface area contributed by atoms with Gasteiger partial charge in [-0.25, -0.2) is 4.98 Å². The zero-order valence-electron chi connectivity index (χ0n) is 13.3. The lowest BCUT2D eigenvalue weighted by atomic mass is 10.2. The molecule has 1 aromatic heterocycles. The molecule has 0 aliphatic heterocycles. The van der Waals surface area contributed by atoms with Gasteiger partial charge in [-0.05, 0) is 50.5 Å². The number of aryl methyl sites for hydroxylation is 2. The van der Waals surface area contributed by atoms with Gasteiger partial charge in [-0.15, -0.1) is 11.3 Å². The fraction of sp³-hybridized carbons (Fsp3) is 0.353. The normalized spacial score (nSPS) is 19.3. The first kappa shape index (κ1) is 15.7. The van der Waals surface area contributed by atoms with Crippen molar-refractivity contribution in [2.75, 3.05) is 10.6 Å². The fourth-order valence-electron chi connectivity index (χ4n) is 2.32. The highest BCUT2D eigenvalue weighted by Gasteiger charge is 2.39. The molecule has 1 saturated carbocycles. The summed E-state index contributed by atoms with van der Waals surface area (Å²) in [5.41, 5.74) is 2.18. The summed E-state index contributed by atoms with van der Waals surface area (Å²) in [7, 11) is 0. The van der Waals surface area contributed by atoms with Gasteiger partial charge in [0.25, 0.3) is 5.91 Å². The predicted molar refractivity (Wildman–Crippen MR) is 91.9 cm³/mol. The molecule has 3 rings (SSSR count). The second-order valence-electron chi connectivity index (χ2n) is 6.00. The van der Waals surface area contributed by atoms with Crippen LogP contribution in [0.1, 0.15) is 34.3 Å². The van der Waals surface area contributed by atoms with Crippen molar-refractivity contribution in [2.45, 2.75) is 27.2 Å². The molecular weight excluding hydrogens is 310 g/mol. The Morgan fingerprint density at radius 2 is 1.83 bits per heavy atom. The first-order chi connectivity index (χ1) is 10.9. The van der Waals surface area contributed by atoms with Crippen molar-refractivity contribution in [3.63, 3.8) is 0 Å². The second kappa shape index (κ2) is 6.12. The molecule has 2 unspecified atom stereocenters. The van der Waals surface area contributed by atoms with E-state index in [0.29, 0.717) is 22.3 Å². The standard InChI is InChI=1S/C17H19N3O2S/c1-9-8-14(9)16(22)19-13-6-4-12(5-7-13)15(21)20-17-18-10(2)11(3)23-17/h4-7,9,14H,8H2,1-3H3,(H,19,22)(H,18,20,21). The third-order valence-corrected chi connectivity index (χ3v) is 5.10. The Balaban J connectivity index is 1.62. The third kappa shape index (κ3) is 3.59. The first-order valence-corrected chi connectivity index (χ1v) is 8.42. The number of hydrogen-bond donors (Lipinski definition) is 2. The van der Waals surface area contributed by atoms with E-state index in [9.17, 15) is 9.59 Å². The Labute approximate surface area is 139 Å². The number of aromatic nitrogens is 1. The van der Waals surface area contributed by atoms with Gasteiger partial charge in [0.15, 0.2) is 5.13 Å². The van der Waals surface area contributed by atoms with Gasteiger partial charge in [-0.2, -0.15) is 0 Å². The maximum absolute atomic E-state index is 12.2. The Hall–Kier alpha value is -2.21. The topological polar surface area (TPSA) is 71.1 Å². The summed E-state index contributed by atoms with van der Waals surface area (Å²) in [4.78, 5) is 29.5. The highest BCUT2D eigenvalue weighted by Crippen LogP contribution is 2.38. The summed E-state index contributed by atoms with van der Waals surface area (Å²) in [6.45, 7) is 5.96. The molecule has 2 atom stereocenters. The van der Waals surface area contributed by atoms with Crippen molar-refractivity contribution in [1.29, 1.82) is 0 Å². The molecule has 2 amide bonds. The van der Waals surface area contributed by atoms with Gasteiger partial charge in [-0.3, -0.25) is 14.9 Å². The van der Waals surface area contributed by atoms with E-state index in [1.165, 1.54) is 11.3 Å². The summed E-state index contributed by atoms with van der Waals surface area (Å²) < 4.78 is 0. The van der Waals surface area contributed by atoms with E-state index in [1.54, 1.807) is 24.3 Å². The van der Waals surface area contributed by atoms with Crippen LogP contribution in [0.3, 0.4) is 0 Å². The average molecular weight is 329 g/mol. The van der Waals surface area contributed by atoms with Crippen molar-refractivity contribution in [3.8, 4) is 0 Å². The Morgan fingerprint density at radius 3 is 2.35 bits per heavy atom.